The molecule has 2 aromatic carbocycles. The number of aliphatic hydroxyl groups excluding tert-OH is 1. The van der Waals surface area contributed by atoms with E-state index in [-0.39, 0.29) is 30.6 Å². The van der Waals surface area contributed by atoms with Crippen LogP contribution in [0.1, 0.15) is 43.4 Å². The van der Waals surface area contributed by atoms with Crippen molar-refractivity contribution in [3.05, 3.63) is 71.8 Å². The summed E-state index contributed by atoms with van der Waals surface area (Å²) in [6.45, 7) is 3.05. The second-order valence-corrected chi connectivity index (χ2v) is 7.93. The molecule has 6 heteroatoms. The molecule has 0 amide bonds. The number of aryl methyl sites for hydroxylation is 1. The third-order valence-electron chi connectivity index (χ3n) is 5.59. The summed E-state index contributed by atoms with van der Waals surface area (Å²) in [4.78, 5) is 16.5. The van der Waals surface area contributed by atoms with Crippen LogP contribution in [0.3, 0.4) is 0 Å². The van der Waals surface area contributed by atoms with E-state index in [0.29, 0.717) is 13.0 Å². The van der Waals surface area contributed by atoms with Crippen molar-refractivity contribution in [2.75, 3.05) is 13.1 Å². The van der Waals surface area contributed by atoms with Crippen molar-refractivity contribution < 1.29 is 20.0 Å². The molecule has 0 saturated carbocycles. The molecule has 2 aromatic rings. The Kier molecular flexibility index (Phi) is 7.99. The van der Waals surface area contributed by atoms with E-state index in [1.807, 2.05) is 24.3 Å². The Bertz CT molecular complexity index is 822. The van der Waals surface area contributed by atoms with Crippen LogP contribution in [0.4, 0.5) is 0 Å². The highest BCUT2D eigenvalue weighted by molar-refractivity contribution is 5.66. The first-order valence-electron chi connectivity index (χ1n) is 10.6. The number of nitrogens with one attached hydrogen (secondary N) is 2. The Morgan fingerprint density at radius 2 is 1.77 bits per heavy atom. The summed E-state index contributed by atoms with van der Waals surface area (Å²) in [5.41, 5.74) is 2.50. The Hall–Kier alpha value is -2.70. The minimum atomic E-state index is -0.778. The molecule has 3 atom stereocenters. The highest BCUT2D eigenvalue weighted by Crippen LogP contribution is 2.23. The third-order valence-corrected chi connectivity index (χ3v) is 5.59. The Balaban J connectivity index is 1.81. The van der Waals surface area contributed by atoms with Gasteiger partial charge in [0.05, 0.1) is 13.0 Å². The maximum Gasteiger partial charge on any atom is 0.330 e. The van der Waals surface area contributed by atoms with Crippen molar-refractivity contribution in [2.45, 2.75) is 50.9 Å². The molecule has 30 heavy (non-hydrogen) atoms. The van der Waals surface area contributed by atoms with Crippen molar-refractivity contribution in [3.63, 3.8) is 0 Å². The quantitative estimate of drug-likeness (QED) is 0.375. The van der Waals surface area contributed by atoms with Crippen LogP contribution < -0.4 is 10.3 Å². The molecule has 4 N–H and O–H groups in total. The van der Waals surface area contributed by atoms with Crippen LogP contribution in [0.2, 0.25) is 0 Å². The summed E-state index contributed by atoms with van der Waals surface area (Å²) in [6.07, 6.45) is 2.43. The molecular weight excluding hydrogens is 378 g/mol. The van der Waals surface area contributed by atoms with Crippen molar-refractivity contribution in [1.82, 2.24) is 10.2 Å². The first-order chi connectivity index (χ1) is 14.5. The molecule has 0 bridgehead atoms. The predicted molar refractivity (Wildman–Crippen MR) is 117 cm³/mol. The molecule has 3 unspecified atom stereocenters. The number of carboxylic acid groups (broad SMARTS) is 1. The van der Waals surface area contributed by atoms with E-state index in [0.717, 1.165) is 19.4 Å². The first kappa shape index (κ1) is 22.0. The van der Waals surface area contributed by atoms with Gasteiger partial charge in [0, 0.05) is 25.6 Å². The van der Waals surface area contributed by atoms with Crippen LogP contribution in [0.15, 0.2) is 60.7 Å². The lowest BCUT2D eigenvalue weighted by Gasteiger charge is -2.41. The average molecular weight is 411 g/mol. The summed E-state index contributed by atoms with van der Waals surface area (Å²) in [6, 6.07) is 21.0. The Morgan fingerprint density at radius 3 is 2.40 bits per heavy atom. The van der Waals surface area contributed by atoms with Crippen molar-refractivity contribution in [1.29, 1.82) is 0 Å². The van der Waals surface area contributed by atoms with Crippen LogP contribution in [0.5, 0.6) is 0 Å². The van der Waals surface area contributed by atoms with Crippen LogP contribution in [-0.4, -0.2) is 52.3 Å². The van der Waals surface area contributed by atoms with Gasteiger partial charge in [-0.2, -0.15) is 4.99 Å². The predicted octanol–water partition coefficient (Wildman–Crippen LogP) is 1.88. The normalized spacial score (nSPS) is 22.7. The Labute approximate surface area is 178 Å². The molecule has 1 saturated heterocycles. The van der Waals surface area contributed by atoms with Crippen molar-refractivity contribution in [2.24, 2.45) is 0 Å². The molecule has 1 aliphatic rings. The highest BCUT2D eigenvalue weighted by Gasteiger charge is 2.39. The van der Waals surface area contributed by atoms with Gasteiger partial charge >= 0.3 is 11.9 Å². The molecule has 1 fully saturated rings. The van der Waals surface area contributed by atoms with Gasteiger partial charge in [-0.05, 0) is 30.4 Å². The van der Waals surface area contributed by atoms with Gasteiger partial charge in [0.15, 0.2) is 0 Å². The summed E-state index contributed by atoms with van der Waals surface area (Å²) in [5, 5.41) is 22.8. The van der Waals surface area contributed by atoms with Gasteiger partial charge in [-0.3, -0.25) is 10.1 Å². The van der Waals surface area contributed by atoms with Crippen LogP contribution in [0, 0.1) is 0 Å². The van der Waals surface area contributed by atoms with Gasteiger partial charge in [0.1, 0.15) is 0 Å². The van der Waals surface area contributed by atoms with E-state index in [2.05, 4.69) is 51.6 Å². The number of hydrogen-bond donors (Lipinski definition) is 4. The molecule has 1 heterocycles. The Morgan fingerprint density at radius 1 is 1.10 bits per heavy atom. The number of rotatable bonds is 9. The number of benzene rings is 2. The minimum Gasteiger partial charge on any atom is -0.481 e. The highest BCUT2D eigenvalue weighted by atomic mass is 16.4. The lowest BCUT2D eigenvalue weighted by atomic mass is 9.95. The van der Waals surface area contributed by atoms with Gasteiger partial charge in [0.25, 0.3) is 0 Å². The van der Waals surface area contributed by atoms with E-state index >= 15 is 0 Å². The smallest absolute Gasteiger partial charge is 0.330 e. The fraction of sp³-hybridized carbons (Fsp3) is 0.417. The molecule has 1 aliphatic heterocycles. The molecule has 6 nitrogen and oxygen atoms in total. The van der Waals surface area contributed by atoms with E-state index in [1.165, 1.54) is 11.1 Å². The molecule has 0 spiro atoms. The summed E-state index contributed by atoms with van der Waals surface area (Å²) in [7, 11) is 0. The summed E-state index contributed by atoms with van der Waals surface area (Å²) in [5.74, 6) is -0.604. The van der Waals surface area contributed by atoms with Gasteiger partial charge < -0.3 is 10.2 Å². The van der Waals surface area contributed by atoms with E-state index in [9.17, 15) is 9.90 Å². The summed E-state index contributed by atoms with van der Waals surface area (Å²) < 4.78 is 0. The number of carbonyl (C=O) groups is 1. The van der Waals surface area contributed by atoms with E-state index in [1.54, 1.807) is 6.92 Å². The average Bonchev–Trinajstić information content (AvgIpc) is 2.74. The molecule has 0 aromatic heterocycles. The maximum absolute atomic E-state index is 11.0. The van der Waals surface area contributed by atoms with Crippen LogP contribution in [-0.2, 0) is 11.2 Å². The number of carboxylic acids is 1. The maximum atomic E-state index is 11.0. The zero-order chi connectivity index (χ0) is 21.3. The zero-order valence-electron chi connectivity index (χ0n) is 17.5. The second kappa shape index (κ2) is 10.9. The first-order valence-corrected chi connectivity index (χ1v) is 10.6. The van der Waals surface area contributed by atoms with Crippen molar-refractivity contribution in [3.8, 4) is 0 Å². The zero-order valence-corrected chi connectivity index (χ0v) is 17.5. The SMILES string of the molecule is CC(O)=[NH+]C1C(CCc2ccccc2)NC(c2ccccc2)CN1CCCC(=O)O. The molecular formula is C24H32N3O3+. The summed E-state index contributed by atoms with van der Waals surface area (Å²) >= 11 is 0. The number of aliphatic hydroxyl groups is 1. The van der Waals surface area contributed by atoms with Gasteiger partial charge in [-0.15, -0.1) is 0 Å². The van der Waals surface area contributed by atoms with Crippen LogP contribution in [0.25, 0.3) is 0 Å². The lowest BCUT2D eigenvalue weighted by Crippen LogP contribution is -2.90. The number of piperazine rings is 1. The fourth-order valence-electron chi connectivity index (χ4n) is 4.17. The topological polar surface area (TPSA) is 86.8 Å². The standard InChI is InChI=1S/C24H31N3O3/c1-18(28)25-24-21(15-14-19-9-4-2-5-10-19)26-22(20-11-6-3-7-12-20)17-27(24)16-8-13-23(29)30/h2-7,9-12,21-22,24,26H,8,13-17H2,1H3,(H,25,28)(H,29,30)/p+1. The lowest BCUT2D eigenvalue weighted by molar-refractivity contribution is -0.551. The number of nitrogens with zero attached hydrogens (tertiary/aromatic N) is 1. The minimum absolute atomic E-state index is 0.0936. The van der Waals surface area contributed by atoms with E-state index < -0.39 is 5.97 Å². The molecule has 3 rings (SSSR count). The monoisotopic (exact) mass is 410 g/mol. The number of aliphatic carboxylic acids is 1. The second-order valence-electron chi connectivity index (χ2n) is 7.93. The van der Waals surface area contributed by atoms with Crippen LogP contribution >= 0.6 is 0 Å². The third kappa shape index (κ3) is 6.40. The fourth-order valence-corrected chi connectivity index (χ4v) is 4.17. The molecule has 0 radical (unpaired) electrons. The van der Waals surface area contributed by atoms with E-state index in [4.69, 9.17) is 5.11 Å². The largest absolute Gasteiger partial charge is 0.481 e. The van der Waals surface area contributed by atoms with Gasteiger partial charge in [-0.25, -0.2) is 4.90 Å². The molecule has 160 valence electrons. The number of hydrogen-bond acceptors (Lipinski definition) is 3. The van der Waals surface area contributed by atoms with Crippen molar-refractivity contribution >= 4 is 11.9 Å². The van der Waals surface area contributed by atoms with Gasteiger partial charge in [0.2, 0.25) is 6.17 Å². The van der Waals surface area contributed by atoms with Gasteiger partial charge in [-0.1, -0.05) is 60.7 Å². The molecule has 0 aliphatic carbocycles.